The van der Waals surface area contributed by atoms with Crippen molar-refractivity contribution in [2.75, 3.05) is 23.7 Å². The van der Waals surface area contributed by atoms with Crippen LogP contribution < -0.4 is 10.6 Å². The summed E-state index contributed by atoms with van der Waals surface area (Å²) in [5, 5.41) is 3.75. The second-order valence-electron chi connectivity index (χ2n) is 7.59. The zero-order valence-electron chi connectivity index (χ0n) is 16.4. The quantitative estimate of drug-likeness (QED) is 0.452. The zero-order chi connectivity index (χ0) is 23.7. The lowest BCUT2D eigenvalue weighted by Crippen LogP contribution is -2.38. The average Bonchev–Trinajstić information content (AvgIpc) is 3.17. The number of fused-ring (bicyclic) bond motifs is 1. The van der Waals surface area contributed by atoms with Gasteiger partial charge in [-0.25, -0.2) is 8.78 Å². The van der Waals surface area contributed by atoms with Gasteiger partial charge in [-0.15, -0.1) is 5.10 Å². The molecule has 1 aliphatic rings. The van der Waals surface area contributed by atoms with Crippen molar-refractivity contribution in [3.63, 3.8) is 0 Å². The van der Waals surface area contributed by atoms with Crippen LogP contribution in [0.2, 0.25) is 0 Å². The van der Waals surface area contributed by atoms with Crippen LogP contribution in [0.15, 0.2) is 47.4 Å². The van der Waals surface area contributed by atoms with Crippen LogP contribution in [0.3, 0.4) is 0 Å². The fourth-order valence-electron chi connectivity index (χ4n) is 3.49. The summed E-state index contributed by atoms with van der Waals surface area (Å²) < 4.78 is 109. The smallest absolute Gasteiger partial charge is 0.329 e. The van der Waals surface area contributed by atoms with Gasteiger partial charge in [0.1, 0.15) is 0 Å². The number of alkyl halides is 6. The molecule has 1 saturated heterocycles. The molecule has 3 aromatic rings. The number of hydrogen-bond donors (Lipinski definition) is 1. The summed E-state index contributed by atoms with van der Waals surface area (Å²) >= 11 is 0. The topological polar surface area (TPSA) is 81.2 Å². The van der Waals surface area contributed by atoms with Crippen molar-refractivity contribution in [1.29, 1.82) is 0 Å². The largest absolute Gasteiger partial charge is 0.398 e. The minimum atomic E-state index is -4.51. The lowest BCUT2D eigenvalue weighted by atomic mass is 10.1. The molecule has 1 aromatic heterocycles. The molecule has 0 atom stereocenters. The van der Waals surface area contributed by atoms with Crippen molar-refractivity contribution in [3.8, 4) is 0 Å². The first-order chi connectivity index (χ1) is 14.6. The molecule has 13 heteroatoms. The molecule has 6 nitrogen and oxygen atoms in total. The van der Waals surface area contributed by atoms with Gasteiger partial charge in [0.25, 0.3) is 15.9 Å². The first-order valence-corrected chi connectivity index (χ1v) is 10.6. The molecule has 0 aliphatic carbocycles. The van der Waals surface area contributed by atoms with E-state index in [0.717, 1.165) is 24.3 Å². The second-order valence-corrected chi connectivity index (χ2v) is 9.36. The van der Waals surface area contributed by atoms with Gasteiger partial charge in [-0.05, 0) is 24.3 Å². The number of anilines is 2. The molecule has 1 fully saturated rings. The number of nitrogens with two attached hydrogens (primary N) is 1. The third kappa shape index (κ3) is 3.34. The first kappa shape index (κ1) is 22.2. The highest BCUT2D eigenvalue weighted by atomic mass is 32.2. The summed E-state index contributed by atoms with van der Waals surface area (Å²) in [4.78, 5) is 0.159. The molecule has 0 amide bonds. The SMILES string of the molecule is CC(F)(F)c1ccc(S(=O)(=O)n2nc(N3CC(F)(F)C(F)(F)C3)c3c(N)cccc32)cc1. The van der Waals surface area contributed by atoms with Crippen molar-refractivity contribution < 1.29 is 34.8 Å². The van der Waals surface area contributed by atoms with Crippen LogP contribution in [0.25, 0.3) is 10.9 Å². The highest BCUT2D eigenvalue weighted by molar-refractivity contribution is 7.90. The molecule has 32 heavy (non-hydrogen) atoms. The van der Waals surface area contributed by atoms with Gasteiger partial charge in [-0.2, -0.15) is 30.1 Å². The van der Waals surface area contributed by atoms with Crippen LogP contribution in [0.1, 0.15) is 12.5 Å². The summed E-state index contributed by atoms with van der Waals surface area (Å²) in [6, 6.07) is 7.74. The van der Waals surface area contributed by atoms with Crippen LogP contribution in [0.5, 0.6) is 0 Å². The van der Waals surface area contributed by atoms with Gasteiger partial charge in [-0.1, -0.05) is 18.2 Å². The Bertz CT molecular complexity index is 1280. The van der Waals surface area contributed by atoms with Gasteiger partial charge >= 0.3 is 11.8 Å². The molecule has 172 valence electrons. The number of rotatable bonds is 4. The number of nitrogen functional groups attached to an aromatic ring is 1. The highest BCUT2D eigenvalue weighted by Gasteiger charge is 2.63. The Balaban J connectivity index is 1.87. The van der Waals surface area contributed by atoms with E-state index in [0.29, 0.717) is 15.9 Å². The Labute approximate surface area is 178 Å². The zero-order valence-corrected chi connectivity index (χ0v) is 17.2. The van der Waals surface area contributed by atoms with Crippen LogP contribution in [0, 0.1) is 0 Å². The van der Waals surface area contributed by atoms with E-state index in [4.69, 9.17) is 5.73 Å². The number of hydrogen-bond acceptors (Lipinski definition) is 5. The first-order valence-electron chi connectivity index (χ1n) is 9.17. The van der Waals surface area contributed by atoms with E-state index in [1.165, 1.54) is 18.2 Å². The summed E-state index contributed by atoms with van der Waals surface area (Å²) in [5.41, 5.74) is 5.27. The maximum atomic E-state index is 13.8. The van der Waals surface area contributed by atoms with E-state index in [1.807, 2.05) is 0 Å². The number of nitrogens with zero attached hydrogens (tertiary/aromatic N) is 3. The molecule has 2 N–H and O–H groups in total. The van der Waals surface area contributed by atoms with Crippen molar-refractivity contribution >= 4 is 32.4 Å². The van der Waals surface area contributed by atoms with Crippen LogP contribution in [-0.2, 0) is 15.9 Å². The van der Waals surface area contributed by atoms with Crippen molar-refractivity contribution in [2.24, 2.45) is 0 Å². The molecule has 4 rings (SSSR count). The van der Waals surface area contributed by atoms with E-state index >= 15 is 0 Å². The highest BCUT2D eigenvalue weighted by Crippen LogP contribution is 2.44. The lowest BCUT2D eigenvalue weighted by Gasteiger charge is -2.14. The fraction of sp³-hybridized carbons (Fsp3) is 0.316. The minimum Gasteiger partial charge on any atom is -0.398 e. The van der Waals surface area contributed by atoms with E-state index < -0.39 is 57.2 Å². The normalized spacial score (nSPS) is 18.4. The lowest BCUT2D eigenvalue weighted by molar-refractivity contribution is -0.172. The minimum absolute atomic E-state index is 0.0570. The standard InChI is InChI=1S/C19H16F6N4O2S/c1-17(20,21)11-5-7-12(8-6-11)32(30,31)29-14-4-2-3-13(26)15(14)16(27-29)28-9-18(22,23)19(24,25)10-28/h2-8H,9-10,26H2,1H3. The molecule has 0 saturated carbocycles. The van der Waals surface area contributed by atoms with E-state index in [9.17, 15) is 34.8 Å². The van der Waals surface area contributed by atoms with Crippen molar-refractivity contribution in [1.82, 2.24) is 9.19 Å². The Morgan fingerprint density at radius 2 is 1.56 bits per heavy atom. The molecule has 0 radical (unpaired) electrons. The molecule has 2 heterocycles. The molecule has 0 bridgehead atoms. The summed E-state index contributed by atoms with van der Waals surface area (Å²) in [5.74, 6) is -12.4. The Morgan fingerprint density at radius 3 is 2.09 bits per heavy atom. The Morgan fingerprint density at radius 1 is 1.00 bits per heavy atom. The number of halogens is 6. The molecular weight excluding hydrogens is 462 g/mol. The third-order valence-corrected chi connectivity index (χ3v) is 6.79. The van der Waals surface area contributed by atoms with Crippen LogP contribution in [0.4, 0.5) is 37.8 Å². The number of aromatic nitrogens is 2. The molecule has 0 spiro atoms. The van der Waals surface area contributed by atoms with Crippen LogP contribution in [-0.4, -0.2) is 42.5 Å². The van der Waals surface area contributed by atoms with E-state index in [1.54, 1.807) is 0 Å². The molecule has 2 aromatic carbocycles. The molecule has 1 aliphatic heterocycles. The molecule has 0 unspecified atom stereocenters. The van der Waals surface area contributed by atoms with Gasteiger partial charge in [0.15, 0.2) is 5.82 Å². The van der Waals surface area contributed by atoms with E-state index in [-0.39, 0.29) is 16.6 Å². The number of benzene rings is 2. The van der Waals surface area contributed by atoms with Gasteiger partial charge in [-0.3, -0.25) is 0 Å². The molecular formula is C19H16F6N4O2S. The van der Waals surface area contributed by atoms with Gasteiger partial charge in [0.05, 0.1) is 28.9 Å². The Kier molecular flexibility index (Phi) is 4.70. The van der Waals surface area contributed by atoms with Crippen molar-refractivity contribution in [2.45, 2.75) is 29.6 Å². The Hall–Kier alpha value is -2.96. The van der Waals surface area contributed by atoms with E-state index in [2.05, 4.69) is 5.10 Å². The monoisotopic (exact) mass is 478 g/mol. The van der Waals surface area contributed by atoms with Crippen LogP contribution >= 0.6 is 0 Å². The average molecular weight is 478 g/mol. The maximum absolute atomic E-state index is 13.8. The predicted octanol–water partition coefficient (Wildman–Crippen LogP) is 4.06. The second kappa shape index (κ2) is 6.77. The van der Waals surface area contributed by atoms with Gasteiger partial charge < -0.3 is 10.6 Å². The maximum Gasteiger partial charge on any atom is 0.329 e. The van der Waals surface area contributed by atoms with Gasteiger partial charge in [0.2, 0.25) is 0 Å². The van der Waals surface area contributed by atoms with Crippen molar-refractivity contribution in [3.05, 3.63) is 48.0 Å². The van der Waals surface area contributed by atoms with Gasteiger partial charge in [0, 0.05) is 18.2 Å². The summed E-state index contributed by atoms with van der Waals surface area (Å²) in [6.45, 7) is -2.13. The fourth-order valence-corrected chi connectivity index (χ4v) is 4.77. The summed E-state index contributed by atoms with van der Waals surface area (Å²) in [7, 11) is -4.51. The third-order valence-electron chi connectivity index (χ3n) is 5.19. The summed E-state index contributed by atoms with van der Waals surface area (Å²) in [6.07, 6.45) is 0. The predicted molar refractivity (Wildman–Crippen MR) is 105 cm³/mol.